The SMILES string of the molecule is CCc1cccc(C)c1NC(=O)c1ccc(C)c(S(=O)(=O)N2CCCCC2)c1. The van der Waals surface area contributed by atoms with Gasteiger partial charge >= 0.3 is 0 Å². The lowest BCUT2D eigenvalue weighted by atomic mass is 10.1. The van der Waals surface area contributed by atoms with Crippen LogP contribution in [0.3, 0.4) is 0 Å². The summed E-state index contributed by atoms with van der Waals surface area (Å²) in [6.07, 6.45) is 3.63. The first-order chi connectivity index (χ1) is 13.3. The van der Waals surface area contributed by atoms with Gasteiger partial charge in [-0.15, -0.1) is 0 Å². The van der Waals surface area contributed by atoms with Crippen LogP contribution in [0.25, 0.3) is 0 Å². The maximum absolute atomic E-state index is 13.1. The van der Waals surface area contributed by atoms with E-state index in [4.69, 9.17) is 0 Å². The van der Waals surface area contributed by atoms with E-state index in [1.54, 1.807) is 19.1 Å². The first-order valence-corrected chi connectivity index (χ1v) is 11.3. The van der Waals surface area contributed by atoms with Crippen LogP contribution in [0, 0.1) is 13.8 Å². The summed E-state index contributed by atoms with van der Waals surface area (Å²) in [6.45, 7) is 6.85. The molecular weight excluding hydrogens is 372 g/mol. The molecule has 3 rings (SSSR count). The normalized spacial score (nSPS) is 15.4. The number of carbonyl (C=O) groups is 1. The van der Waals surface area contributed by atoms with Crippen LogP contribution >= 0.6 is 0 Å². The highest BCUT2D eigenvalue weighted by Gasteiger charge is 2.28. The van der Waals surface area contributed by atoms with E-state index in [9.17, 15) is 13.2 Å². The van der Waals surface area contributed by atoms with Gasteiger partial charge in [-0.1, -0.05) is 37.6 Å². The van der Waals surface area contributed by atoms with Gasteiger partial charge in [0, 0.05) is 24.3 Å². The lowest BCUT2D eigenvalue weighted by Crippen LogP contribution is -2.36. The third-order valence-electron chi connectivity index (χ3n) is 5.36. The molecule has 0 radical (unpaired) electrons. The van der Waals surface area contributed by atoms with Crippen molar-refractivity contribution in [3.05, 3.63) is 58.7 Å². The van der Waals surface area contributed by atoms with Crippen LogP contribution < -0.4 is 5.32 Å². The van der Waals surface area contributed by atoms with Crippen molar-refractivity contribution in [2.75, 3.05) is 18.4 Å². The molecule has 1 saturated heterocycles. The fourth-order valence-corrected chi connectivity index (χ4v) is 5.42. The number of hydrogen-bond donors (Lipinski definition) is 1. The minimum atomic E-state index is -3.59. The first kappa shape index (κ1) is 20.6. The molecule has 0 aliphatic carbocycles. The van der Waals surface area contributed by atoms with E-state index in [1.165, 1.54) is 10.4 Å². The van der Waals surface area contributed by atoms with Crippen molar-refractivity contribution in [1.82, 2.24) is 4.31 Å². The van der Waals surface area contributed by atoms with Crippen molar-refractivity contribution in [2.24, 2.45) is 0 Å². The van der Waals surface area contributed by atoms with E-state index in [0.717, 1.165) is 42.5 Å². The Morgan fingerprint density at radius 1 is 1.04 bits per heavy atom. The van der Waals surface area contributed by atoms with Crippen LogP contribution in [-0.2, 0) is 16.4 Å². The van der Waals surface area contributed by atoms with Crippen LogP contribution in [0.1, 0.15) is 53.2 Å². The summed E-state index contributed by atoms with van der Waals surface area (Å²) in [5.41, 5.74) is 3.86. The van der Waals surface area contributed by atoms with Crippen molar-refractivity contribution in [3.63, 3.8) is 0 Å². The van der Waals surface area contributed by atoms with Crippen LogP contribution in [-0.4, -0.2) is 31.7 Å². The number of nitrogens with one attached hydrogen (secondary N) is 1. The van der Waals surface area contributed by atoms with Crippen molar-refractivity contribution >= 4 is 21.6 Å². The van der Waals surface area contributed by atoms with E-state index in [0.29, 0.717) is 24.2 Å². The highest BCUT2D eigenvalue weighted by molar-refractivity contribution is 7.89. The Morgan fingerprint density at radius 2 is 1.75 bits per heavy atom. The van der Waals surface area contributed by atoms with Crippen molar-refractivity contribution < 1.29 is 13.2 Å². The zero-order valence-corrected chi connectivity index (χ0v) is 17.6. The van der Waals surface area contributed by atoms with Crippen LogP contribution in [0.4, 0.5) is 5.69 Å². The number of amides is 1. The molecule has 2 aromatic carbocycles. The number of piperidine rings is 1. The van der Waals surface area contributed by atoms with E-state index in [1.807, 2.05) is 32.0 Å². The standard InChI is InChI=1S/C22H28N2O3S/c1-4-18-10-8-9-17(3)21(18)23-22(25)19-12-11-16(2)20(15-19)28(26,27)24-13-6-5-7-14-24/h8-12,15H,4-7,13-14H2,1-3H3,(H,23,25). The van der Waals surface area contributed by atoms with Gasteiger partial charge in [0.25, 0.3) is 5.91 Å². The number of hydrogen-bond acceptors (Lipinski definition) is 3. The molecule has 0 unspecified atom stereocenters. The maximum Gasteiger partial charge on any atom is 0.255 e. The maximum atomic E-state index is 13.1. The Morgan fingerprint density at radius 3 is 2.43 bits per heavy atom. The highest BCUT2D eigenvalue weighted by Crippen LogP contribution is 2.26. The number of sulfonamides is 1. The van der Waals surface area contributed by atoms with Gasteiger partial charge in [0.15, 0.2) is 0 Å². The van der Waals surface area contributed by atoms with Crippen molar-refractivity contribution in [2.45, 2.75) is 51.3 Å². The van der Waals surface area contributed by atoms with Gasteiger partial charge in [-0.2, -0.15) is 4.31 Å². The summed E-state index contributed by atoms with van der Waals surface area (Å²) in [5.74, 6) is -0.293. The zero-order chi connectivity index (χ0) is 20.3. The average molecular weight is 401 g/mol. The Kier molecular flexibility index (Phi) is 6.20. The lowest BCUT2D eigenvalue weighted by molar-refractivity contribution is 0.102. The molecule has 150 valence electrons. The Labute approximate surface area is 167 Å². The molecule has 1 aliphatic heterocycles. The molecule has 0 saturated carbocycles. The summed E-state index contributed by atoms with van der Waals surface area (Å²) in [6, 6.07) is 10.8. The second kappa shape index (κ2) is 8.45. The van der Waals surface area contributed by atoms with E-state index in [2.05, 4.69) is 5.32 Å². The molecule has 1 fully saturated rings. The quantitative estimate of drug-likeness (QED) is 0.814. The molecule has 6 heteroatoms. The van der Waals surface area contributed by atoms with E-state index < -0.39 is 10.0 Å². The molecule has 0 spiro atoms. The minimum Gasteiger partial charge on any atom is -0.321 e. The van der Waals surface area contributed by atoms with Crippen molar-refractivity contribution in [1.29, 1.82) is 0 Å². The predicted octanol–water partition coefficient (Wildman–Crippen LogP) is 4.29. The molecule has 0 aromatic heterocycles. The monoisotopic (exact) mass is 400 g/mol. The highest BCUT2D eigenvalue weighted by atomic mass is 32.2. The van der Waals surface area contributed by atoms with Gasteiger partial charge in [0.05, 0.1) is 4.90 Å². The topological polar surface area (TPSA) is 66.5 Å². The van der Waals surface area contributed by atoms with Gasteiger partial charge < -0.3 is 5.32 Å². The number of carbonyl (C=O) groups excluding carboxylic acids is 1. The number of nitrogens with zero attached hydrogens (tertiary/aromatic N) is 1. The molecule has 1 N–H and O–H groups in total. The Balaban J connectivity index is 1.92. The van der Waals surface area contributed by atoms with Gasteiger partial charge in [-0.25, -0.2) is 8.42 Å². The summed E-state index contributed by atoms with van der Waals surface area (Å²) < 4.78 is 27.7. The fourth-order valence-electron chi connectivity index (χ4n) is 3.65. The third-order valence-corrected chi connectivity index (χ3v) is 7.40. The molecule has 1 heterocycles. The smallest absolute Gasteiger partial charge is 0.255 e. The molecule has 2 aromatic rings. The van der Waals surface area contributed by atoms with Crippen molar-refractivity contribution in [3.8, 4) is 0 Å². The average Bonchev–Trinajstić information content (AvgIpc) is 2.70. The number of benzene rings is 2. The second-order valence-corrected chi connectivity index (χ2v) is 9.27. The molecular formula is C22H28N2O3S. The Hall–Kier alpha value is -2.18. The van der Waals surface area contributed by atoms with Gasteiger partial charge in [-0.3, -0.25) is 4.79 Å². The lowest BCUT2D eigenvalue weighted by Gasteiger charge is -2.26. The van der Waals surface area contributed by atoms with Crippen LogP contribution in [0.2, 0.25) is 0 Å². The first-order valence-electron chi connectivity index (χ1n) is 9.85. The summed E-state index contributed by atoms with van der Waals surface area (Å²) in [4.78, 5) is 13.1. The summed E-state index contributed by atoms with van der Waals surface area (Å²) in [7, 11) is -3.59. The zero-order valence-electron chi connectivity index (χ0n) is 16.8. The van der Waals surface area contributed by atoms with Gasteiger partial charge in [-0.05, 0) is 61.9 Å². The largest absolute Gasteiger partial charge is 0.321 e. The second-order valence-electron chi connectivity index (χ2n) is 7.36. The number of anilines is 1. The Bertz CT molecular complexity index is 977. The minimum absolute atomic E-state index is 0.225. The number of para-hydroxylation sites is 1. The molecule has 0 bridgehead atoms. The van der Waals surface area contributed by atoms with Gasteiger partial charge in [0.2, 0.25) is 10.0 Å². The summed E-state index contributed by atoms with van der Waals surface area (Å²) in [5, 5.41) is 2.98. The fraction of sp³-hybridized carbons (Fsp3) is 0.409. The molecule has 28 heavy (non-hydrogen) atoms. The summed E-state index contributed by atoms with van der Waals surface area (Å²) >= 11 is 0. The van der Waals surface area contributed by atoms with Crippen LogP contribution in [0.15, 0.2) is 41.3 Å². The molecule has 0 atom stereocenters. The molecule has 1 aliphatic rings. The predicted molar refractivity (Wildman–Crippen MR) is 112 cm³/mol. The van der Waals surface area contributed by atoms with E-state index in [-0.39, 0.29) is 10.8 Å². The molecule has 1 amide bonds. The van der Waals surface area contributed by atoms with Gasteiger partial charge in [0.1, 0.15) is 0 Å². The number of aryl methyl sites for hydroxylation is 3. The number of rotatable bonds is 5. The third kappa shape index (κ3) is 4.13. The van der Waals surface area contributed by atoms with Crippen LogP contribution in [0.5, 0.6) is 0 Å². The van der Waals surface area contributed by atoms with E-state index >= 15 is 0 Å². The molecule has 5 nitrogen and oxygen atoms in total.